The van der Waals surface area contributed by atoms with Gasteiger partial charge in [-0.05, 0) is 41.0 Å². The van der Waals surface area contributed by atoms with E-state index in [1.165, 1.54) is 10.5 Å². The maximum atomic E-state index is 12.9. The highest BCUT2D eigenvalue weighted by molar-refractivity contribution is 8.26. The van der Waals surface area contributed by atoms with Crippen LogP contribution in [0.1, 0.15) is 52.3 Å². The molecule has 0 radical (unpaired) electrons. The number of hydrogen-bond donors (Lipinski definition) is 1. The number of pyridine rings is 1. The van der Waals surface area contributed by atoms with Gasteiger partial charge in [0.25, 0.3) is 5.91 Å². The van der Waals surface area contributed by atoms with Gasteiger partial charge in [-0.3, -0.25) is 14.7 Å². The third-order valence-corrected chi connectivity index (χ3v) is 6.59. The average molecular weight is 469 g/mol. The number of carboxylic acids is 1. The average Bonchev–Trinajstić information content (AvgIpc) is 2.99. The first-order valence-corrected chi connectivity index (χ1v) is 11.8. The van der Waals surface area contributed by atoms with E-state index in [0.717, 1.165) is 22.9 Å². The molecule has 7 heteroatoms. The number of aromatic nitrogens is 1. The van der Waals surface area contributed by atoms with Gasteiger partial charge in [0.05, 0.1) is 10.6 Å². The molecular formula is C25H28N2O3S2. The number of amides is 1. The summed E-state index contributed by atoms with van der Waals surface area (Å²) in [4.78, 5) is 30.7. The topological polar surface area (TPSA) is 70.5 Å². The number of carboxylic acid groups (broad SMARTS) is 1. The number of hydrogen-bond acceptors (Lipinski definition) is 5. The summed E-state index contributed by atoms with van der Waals surface area (Å²) in [6.45, 7) is 10.4. The lowest BCUT2D eigenvalue weighted by molar-refractivity contribution is -0.145. The van der Waals surface area contributed by atoms with Crippen LogP contribution in [0.5, 0.6) is 0 Å². The van der Waals surface area contributed by atoms with Crippen LogP contribution < -0.4 is 0 Å². The molecule has 32 heavy (non-hydrogen) atoms. The smallest absolute Gasteiger partial charge is 0.326 e. The Balaban J connectivity index is 1.80. The molecule has 0 aliphatic carbocycles. The molecule has 168 valence electrons. The van der Waals surface area contributed by atoms with E-state index in [0.29, 0.717) is 17.0 Å². The van der Waals surface area contributed by atoms with Crippen molar-refractivity contribution >= 4 is 46.3 Å². The van der Waals surface area contributed by atoms with Crippen molar-refractivity contribution in [2.45, 2.75) is 52.5 Å². The maximum absolute atomic E-state index is 12.9. The molecule has 1 saturated heterocycles. The monoisotopic (exact) mass is 468 g/mol. The van der Waals surface area contributed by atoms with E-state index in [2.05, 4.69) is 50.0 Å². The largest absolute Gasteiger partial charge is 0.480 e. The molecule has 0 saturated carbocycles. The van der Waals surface area contributed by atoms with Crippen LogP contribution >= 0.6 is 24.0 Å². The molecular weight excluding hydrogens is 440 g/mol. The minimum Gasteiger partial charge on any atom is -0.480 e. The molecule has 1 aromatic heterocycles. The van der Waals surface area contributed by atoms with Gasteiger partial charge in [0.2, 0.25) is 0 Å². The Morgan fingerprint density at radius 2 is 1.78 bits per heavy atom. The summed E-state index contributed by atoms with van der Waals surface area (Å²) in [5.41, 5.74) is 4.04. The lowest BCUT2D eigenvalue weighted by Gasteiger charge is -2.24. The third-order valence-electron chi connectivity index (χ3n) is 5.26. The van der Waals surface area contributed by atoms with E-state index in [4.69, 9.17) is 12.2 Å². The second-order valence-corrected chi connectivity index (χ2v) is 11.0. The van der Waals surface area contributed by atoms with Crippen LogP contribution in [0.25, 0.3) is 17.2 Å². The van der Waals surface area contributed by atoms with E-state index >= 15 is 0 Å². The number of rotatable bonds is 6. The molecule has 2 heterocycles. The molecule has 1 atom stereocenters. The fourth-order valence-electron chi connectivity index (χ4n) is 3.47. The van der Waals surface area contributed by atoms with Crippen LogP contribution in [0.2, 0.25) is 0 Å². The quantitative estimate of drug-likeness (QED) is 0.430. The first-order chi connectivity index (χ1) is 15.0. The normalized spacial score (nSPS) is 16.8. The Kier molecular flexibility index (Phi) is 7.20. The first kappa shape index (κ1) is 24.1. The van der Waals surface area contributed by atoms with Crippen molar-refractivity contribution in [1.82, 2.24) is 9.88 Å². The zero-order chi connectivity index (χ0) is 23.6. The Morgan fingerprint density at radius 3 is 2.28 bits per heavy atom. The van der Waals surface area contributed by atoms with Crippen molar-refractivity contribution in [2.24, 2.45) is 5.92 Å². The van der Waals surface area contributed by atoms with Gasteiger partial charge in [0, 0.05) is 11.8 Å². The lowest BCUT2D eigenvalue weighted by Crippen LogP contribution is -2.44. The predicted octanol–water partition coefficient (Wildman–Crippen LogP) is 5.75. The summed E-state index contributed by atoms with van der Waals surface area (Å²) in [5.74, 6) is -1.30. The predicted molar refractivity (Wildman–Crippen MR) is 134 cm³/mol. The summed E-state index contributed by atoms with van der Waals surface area (Å²) < 4.78 is 0.268. The van der Waals surface area contributed by atoms with Gasteiger partial charge in [-0.25, -0.2) is 4.79 Å². The summed E-state index contributed by atoms with van der Waals surface area (Å²) in [7, 11) is 0. The van der Waals surface area contributed by atoms with Crippen LogP contribution in [0.3, 0.4) is 0 Å². The highest BCUT2D eigenvalue weighted by Crippen LogP contribution is 2.35. The van der Waals surface area contributed by atoms with Crippen molar-refractivity contribution in [3.05, 3.63) is 58.8 Å². The summed E-state index contributed by atoms with van der Waals surface area (Å²) in [6.07, 6.45) is 3.79. The summed E-state index contributed by atoms with van der Waals surface area (Å²) in [5, 5.41) is 9.60. The van der Waals surface area contributed by atoms with Crippen molar-refractivity contribution in [1.29, 1.82) is 0 Å². The molecule has 1 amide bonds. The molecule has 0 spiro atoms. The van der Waals surface area contributed by atoms with Crippen LogP contribution in [0.4, 0.5) is 0 Å². The van der Waals surface area contributed by atoms with Crippen molar-refractivity contribution in [3.63, 3.8) is 0 Å². The van der Waals surface area contributed by atoms with Crippen LogP contribution in [0, 0.1) is 5.92 Å². The molecule has 1 fully saturated rings. The van der Waals surface area contributed by atoms with E-state index in [1.807, 2.05) is 26.0 Å². The molecule has 1 N–H and O–H groups in total. The zero-order valence-corrected chi connectivity index (χ0v) is 20.6. The van der Waals surface area contributed by atoms with E-state index in [9.17, 15) is 14.7 Å². The van der Waals surface area contributed by atoms with E-state index in [1.54, 1.807) is 12.3 Å². The highest BCUT2D eigenvalue weighted by Gasteiger charge is 2.40. The molecule has 1 aliphatic heterocycles. The van der Waals surface area contributed by atoms with Gasteiger partial charge in [-0.1, -0.05) is 88.9 Å². The minimum atomic E-state index is -1.05. The van der Waals surface area contributed by atoms with Gasteiger partial charge in [-0.15, -0.1) is 0 Å². The number of benzene rings is 1. The Morgan fingerprint density at radius 1 is 1.16 bits per heavy atom. The SMILES string of the molecule is CC(C)C[C@@H](C(=O)O)N1C(=O)/C(=C/c2ccc(-c3ccc(C(C)(C)C)cc3)cn2)SC1=S. The van der Waals surface area contributed by atoms with Crippen LogP contribution in [-0.4, -0.2) is 37.2 Å². The molecule has 1 aromatic carbocycles. The number of nitrogens with zero attached hydrogens (tertiary/aromatic N) is 2. The van der Waals surface area contributed by atoms with Gasteiger partial charge < -0.3 is 5.11 Å². The molecule has 3 rings (SSSR count). The number of carbonyl (C=O) groups is 2. The van der Waals surface area contributed by atoms with E-state index in [-0.39, 0.29) is 21.6 Å². The number of thioether (sulfide) groups is 1. The minimum absolute atomic E-state index is 0.0988. The molecule has 1 aliphatic rings. The molecule has 5 nitrogen and oxygen atoms in total. The van der Waals surface area contributed by atoms with Crippen molar-refractivity contribution in [3.8, 4) is 11.1 Å². The summed E-state index contributed by atoms with van der Waals surface area (Å²) in [6, 6.07) is 11.3. The van der Waals surface area contributed by atoms with Crippen molar-refractivity contribution in [2.75, 3.05) is 0 Å². The molecule has 0 bridgehead atoms. The number of thiocarbonyl (C=S) groups is 1. The van der Waals surface area contributed by atoms with Crippen molar-refractivity contribution < 1.29 is 14.7 Å². The van der Waals surface area contributed by atoms with Gasteiger partial charge in [-0.2, -0.15) is 0 Å². The molecule has 0 unspecified atom stereocenters. The number of aliphatic carboxylic acids is 1. The first-order valence-electron chi connectivity index (χ1n) is 10.5. The Labute approximate surface area is 198 Å². The Bertz CT molecular complexity index is 1050. The van der Waals surface area contributed by atoms with Crippen LogP contribution in [-0.2, 0) is 15.0 Å². The Hall–Kier alpha value is -2.51. The van der Waals surface area contributed by atoms with Gasteiger partial charge in [0.15, 0.2) is 0 Å². The second-order valence-electron chi connectivity index (χ2n) is 9.33. The third kappa shape index (κ3) is 5.45. The van der Waals surface area contributed by atoms with E-state index < -0.39 is 12.0 Å². The molecule has 2 aromatic rings. The van der Waals surface area contributed by atoms with Gasteiger partial charge >= 0.3 is 5.97 Å². The number of carbonyl (C=O) groups excluding carboxylic acids is 1. The zero-order valence-electron chi connectivity index (χ0n) is 19.0. The maximum Gasteiger partial charge on any atom is 0.326 e. The van der Waals surface area contributed by atoms with Gasteiger partial charge in [0.1, 0.15) is 10.4 Å². The van der Waals surface area contributed by atoms with Crippen LogP contribution in [0.15, 0.2) is 47.5 Å². The standard InChI is InChI=1S/C25H28N2O3S2/c1-15(2)12-20(23(29)30)27-22(28)21(32-24(27)31)13-19-11-8-17(14-26-19)16-6-9-18(10-7-16)25(3,4)5/h6-11,13-15,20H,12H2,1-5H3,(H,29,30)/b21-13-/t20-/m0/s1. The summed E-state index contributed by atoms with van der Waals surface area (Å²) >= 11 is 6.44. The lowest BCUT2D eigenvalue weighted by atomic mass is 9.86. The fourth-order valence-corrected chi connectivity index (χ4v) is 4.81. The second kappa shape index (κ2) is 9.55. The highest BCUT2D eigenvalue weighted by atomic mass is 32.2. The fraction of sp³-hybridized carbons (Fsp3) is 0.360.